The van der Waals surface area contributed by atoms with E-state index >= 15 is 0 Å². The van der Waals surface area contributed by atoms with Crippen LogP contribution in [0, 0.1) is 0 Å². The van der Waals surface area contributed by atoms with E-state index in [0.717, 1.165) is 24.1 Å². The molecule has 1 aliphatic rings. The quantitative estimate of drug-likeness (QED) is 0.760. The first-order valence-electron chi connectivity index (χ1n) is 8.63. The number of benzene rings is 1. The van der Waals surface area contributed by atoms with Crippen LogP contribution >= 0.6 is 22.9 Å². The smallest absolute Gasteiger partial charge is 0.321 e. The number of nitrogens with one attached hydrogen (secondary N) is 2. The number of nitrogens with zero attached hydrogens (tertiary/aromatic N) is 1. The Hall–Kier alpha value is -1.99. The van der Waals surface area contributed by atoms with Crippen molar-refractivity contribution >= 4 is 34.1 Å². The van der Waals surface area contributed by atoms with Gasteiger partial charge in [-0.3, -0.25) is 5.32 Å². The third-order valence-electron chi connectivity index (χ3n) is 4.10. The van der Waals surface area contributed by atoms with E-state index in [-0.39, 0.29) is 6.03 Å². The van der Waals surface area contributed by atoms with E-state index in [0.29, 0.717) is 34.8 Å². The summed E-state index contributed by atoms with van der Waals surface area (Å²) in [6.07, 6.45) is 4.42. The second-order valence-electron chi connectivity index (χ2n) is 5.95. The molecule has 1 heterocycles. The van der Waals surface area contributed by atoms with Gasteiger partial charge in [0.2, 0.25) is 0 Å². The van der Waals surface area contributed by atoms with Crippen LogP contribution in [0.2, 0.25) is 5.02 Å². The number of aromatic nitrogens is 1. The van der Waals surface area contributed by atoms with E-state index < -0.39 is 0 Å². The van der Waals surface area contributed by atoms with Crippen LogP contribution in [-0.4, -0.2) is 24.7 Å². The fourth-order valence-electron chi connectivity index (χ4n) is 2.89. The second-order valence-corrected chi connectivity index (χ2v) is 7.44. The molecule has 0 saturated carbocycles. The highest BCUT2D eigenvalue weighted by molar-refractivity contribution is 7.15. The Morgan fingerprint density at radius 3 is 2.88 bits per heavy atom. The van der Waals surface area contributed by atoms with E-state index in [9.17, 15) is 4.79 Å². The van der Waals surface area contributed by atoms with Gasteiger partial charge in [-0.15, -0.1) is 11.3 Å². The summed E-state index contributed by atoms with van der Waals surface area (Å²) in [5.74, 6) is 1.06. The Balaban J connectivity index is 1.60. The maximum Gasteiger partial charge on any atom is 0.321 e. The zero-order valence-electron chi connectivity index (χ0n) is 14.9. The fraction of sp³-hybridized carbons (Fsp3) is 0.444. The summed E-state index contributed by atoms with van der Waals surface area (Å²) in [6.45, 7) is 2.69. The minimum absolute atomic E-state index is 0.292. The van der Waals surface area contributed by atoms with Gasteiger partial charge in [0.05, 0.1) is 24.4 Å². The number of aryl methyl sites for hydroxylation is 2. The lowest BCUT2D eigenvalue weighted by Gasteiger charge is -2.13. The molecule has 2 amide bonds. The Labute approximate surface area is 161 Å². The number of carbonyl (C=O) groups is 1. The maximum absolute atomic E-state index is 12.2. The van der Waals surface area contributed by atoms with Gasteiger partial charge >= 0.3 is 6.03 Å². The Morgan fingerprint density at radius 1 is 1.35 bits per heavy atom. The van der Waals surface area contributed by atoms with Crippen LogP contribution in [0.5, 0.6) is 11.5 Å². The third kappa shape index (κ3) is 4.40. The number of fused-ring (bicyclic) bond motifs is 1. The number of anilines is 1. The summed E-state index contributed by atoms with van der Waals surface area (Å²) in [4.78, 5) is 18.0. The summed E-state index contributed by atoms with van der Waals surface area (Å²) in [6, 6.07) is 3.27. The number of hydrogen-bond donors (Lipinski definition) is 2. The number of rotatable bonds is 6. The largest absolute Gasteiger partial charge is 0.493 e. The molecule has 0 radical (unpaired) electrons. The first-order valence-corrected chi connectivity index (χ1v) is 9.82. The van der Waals surface area contributed by atoms with Crippen molar-refractivity contribution in [3.63, 3.8) is 0 Å². The van der Waals surface area contributed by atoms with E-state index in [1.165, 1.54) is 17.7 Å². The van der Waals surface area contributed by atoms with Crippen molar-refractivity contribution < 1.29 is 14.3 Å². The second kappa shape index (κ2) is 8.60. The van der Waals surface area contributed by atoms with Crippen molar-refractivity contribution in [1.82, 2.24) is 10.3 Å². The number of amides is 2. The molecule has 8 heteroatoms. The first-order chi connectivity index (χ1) is 12.6. The zero-order valence-corrected chi connectivity index (χ0v) is 16.4. The van der Waals surface area contributed by atoms with Crippen LogP contribution in [0.15, 0.2) is 12.1 Å². The number of hydrogen-bond acceptors (Lipinski definition) is 5. The topological polar surface area (TPSA) is 72.5 Å². The average Bonchev–Trinajstić information content (AvgIpc) is 3.04. The summed E-state index contributed by atoms with van der Waals surface area (Å²) in [5.41, 5.74) is 1.95. The SMILES string of the molecule is CCOc1c(Cl)cc(CNC(=O)Nc2nc3c(s2)CCCC3)cc1OC. The molecule has 1 aliphatic carbocycles. The molecular weight excluding hydrogens is 374 g/mol. The van der Waals surface area contributed by atoms with Crippen molar-refractivity contribution in [2.45, 2.75) is 39.2 Å². The highest BCUT2D eigenvalue weighted by atomic mass is 35.5. The summed E-state index contributed by atoms with van der Waals surface area (Å²) in [5, 5.41) is 6.74. The maximum atomic E-state index is 12.2. The van der Waals surface area contributed by atoms with Crippen LogP contribution < -0.4 is 20.1 Å². The standard InChI is InChI=1S/C18H22ClN3O3S/c1-3-25-16-12(19)8-11(9-14(16)24-2)10-20-17(23)22-18-21-13-6-4-5-7-15(13)26-18/h8-9H,3-7,10H2,1-2H3,(H2,20,21,22,23). The van der Waals surface area contributed by atoms with Gasteiger partial charge in [-0.05, 0) is 50.3 Å². The molecule has 26 heavy (non-hydrogen) atoms. The summed E-state index contributed by atoms with van der Waals surface area (Å²) < 4.78 is 10.8. The van der Waals surface area contributed by atoms with Crippen molar-refractivity contribution in [1.29, 1.82) is 0 Å². The molecule has 3 rings (SSSR count). The normalized spacial score (nSPS) is 13.0. The van der Waals surface area contributed by atoms with Gasteiger partial charge in [0.1, 0.15) is 0 Å². The lowest BCUT2D eigenvalue weighted by atomic mass is 10.0. The van der Waals surface area contributed by atoms with E-state index in [2.05, 4.69) is 15.6 Å². The Kier molecular flexibility index (Phi) is 6.21. The summed E-state index contributed by atoms with van der Waals surface area (Å²) in [7, 11) is 1.56. The van der Waals surface area contributed by atoms with Crippen molar-refractivity contribution in [3.05, 3.63) is 33.3 Å². The van der Waals surface area contributed by atoms with Gasteiger partial charge < -0.3 is 14.8 Å². The van der Waals surface area contributed by atoms with Gasteiger partial charge in [0, 0.05) is 11.4 Å². The molecule has 1 aromatic heterocycles. The lowest BCUT2D eigenvalue weighted by molar-refractivity contribution is 0.251. The van der Waals surface area contributed by atoms with Crippen molar-refractivity contribution in [2.24, 2.45) is 0 Å². The van der Waals surface area contributed by atoms with Crippen molar-refractivity contribution in [2.75, 3.05) is 19.0 Å². The molecule has 140 valence electrons. The highest BCUT2D eigenvalue weighted by Crippen LogP contribution is 2.36. The highest BCUT2D eigenvalue weighted by Gasteiger charge is 2.16. The van der Waals surface area contributed by atoms with Gasteiger partial charge in [-0.25, -0.2) is 9.78 Å². The van der Waals surface area contributed by atoms with Gasteiger partial charge in [0.25, 0.3) is 0 Å². The minimum Gasteiger partial charge on any atom is -0.493 e. The van der Waals surface area contributed by atoms with E-state index in [4.69, 9.17) is 21.1 Å². The fourth-order valence-corrected chi connectivity index (χ4v) is 4.22. The molecule has 0 aliphatic heterocycles. The summed E-state index contributed by atoms with van der Waals surface area (Å²) >= 11 is 7.81. The van der Waals surface area contributed by atoms with Crippen LogP contribution in [0.1, 0.15) is 35.9 Å². The predicted molar refractivity (Wildman–Crippen MR) is 104 cm³/mol. The van der Waals surface area contributed by atoms with E-state index in [1.807, 2.05) is 6.92 Å². The molecule has 2 N–H and O–H groups in total. The van der Waals surface area contributed by atoms with Crippen LogP contribution in [0.4, 0.5) is 9.93 Å². The monoisotopic (exact) mass is 395 g/mol. The molecule has 2 aromatic rings. The molecule has 0 unspecified atom stereocenters. The first kappa shape index (κ1) is 18.8. The van der Waals surface area contributed by atoms with Crippen LogP contribution in [-0.2, 0) is 19.4 Å². The van der Waals surface area contributed by atoms with Gasteiger partial charge in [-0.1, -0.05) is 11.6 Å². The number of urea groups is 1. The number of thiazole rings is 1. The predicted octanol–water partition coefficient (Wildman–Crippen LogP) is 4.40. The lowest BCUT2D eigenvalue weighted by Crippen LogP contribution is -2.28. The van der Waals surface area contributed by atoms with Gasteiger partial charge in [-0.2, -0.15) is 0 Å². The number of halogens is 1. The molecule has 0 saturated heterocycles. The molecule has 0 fully saturated rings. The van der Waals surface area contributed by atoms with Gasteiger partial charge in [0.15, 0.2) is 16.6 Å². The molecule has 0 spiro atoms. The minimum atomic E-state index is -0.292. The number of ether oxygens (including phenoxy) is 2. The van der Waals surface area contributed by atoms with Crippen LogP contribution in [0.25, 0.3) is 0 Å². The van der Waals surface area contributed by atoms with Crippen LogP contribution in [0.3, 0.4) is 0 Å². The zero-order chi connectivity index (χ0) is 18.5. The molecule has 1 aromatic carbocycles. The van der Waals surface area contributed by atoms with Crippen molar-refractivity contribution in [3.8, 4) is 11.5 Å². The Morgan fingerprint density at radius 2 is 2.15 bits per heavy atom. The van der Waals surface area contributed by atoms with E-state index in [1.54, 1.807) is 30.6 Å². The number of methoxy groups -OCH3 is 1. The number of carbonyl (C=O) groups excluding carboxylic acids is 1. The third-order valence-corrected chi connectivity index (χ3v) is 5.45. The molecule has 6 nitrogen and oxygen atoms in total. The molecular formula is C18H22ClN3O3S. The Bertz CT molecular complexity index is 771. The average molecular weight is 396 g/mol. The molecule has 0 atom stereocenters. The molecule has 0 bridgehead atoms.